The third-order valence-corrected chi connectivity index (χ3v) is 3.42. The fourth-order valence-electron chi connectivity index (χ4n) is 2.16. The first-order chi connectivity index (χ1) is 10.1. The molecule has 1 aliphatic rings. The van der Waals surface area contributed by atoms with Gasteiger partial charge in [-0.2, -0.15) is 13.2 Å². The Labute approximate surface area is 125 Å². The van der Waals surface area contributed by atoms with Crippen molar-refractivity contribution in [2.75, 3.05) is 6.54 Å². The first kappa shape index (κ1) is 18.4. The van der Waals surface area contributed by atoms with E-state index in [1.807, 2.05) is 0 Å². The monoisotopic (exact) mass is 323 g/mol. The molecular formula is C13H20F3N3O3. The van der Waals surface area contributed by atoms with Crippen molar-refractivity contribution in [1.82, 2.24) is 10.2 Å². The number of nitrogens with two attached hydrogens (primary N) is 1. The predicted octanol–water partition coefficient (Wildman–Crippen LogP) is 2.67. The molecule has 1 aliphatic carbocycles. The second-order valence-corrected chi connectivity index (χ2v) is 5.55. The molecule has 0 amide bonds. The van der Waals surface area contributed by atoms with Crippen LogP contribution in [0.3, 0.4) is 0 Å². The zero-order chi connectivity index (χ0) is 16.9. The number of alkyl halides is 3. The number of hydrogen-bond donors (Lipinski definition) is 2. The maximum Gasteiger partial charge on any atom is 0.490 e. The van der Waals surface area contributed by atoms with Gasteiger partial charge >= 0.3 is 12.1 Å². The number of hydrogen-bond acceptors (Lipinski definition) is 5. The predicted molar refractivity (Wildman–Crippen MR) is 71.2 cm³/mol. The van der Waals surface area contributed by atoms with Gasteiger partial charge in [0.1, 0.15) is 0 Å². The van der Waals surface area contributed by atoms with Crippen LogP contribution in [0.1, 0.15) is 56.7 Å². The zero-order valence-electron chi connectivity index (χ0n) is 12.4. The SMILES string of the molecule is CC(C)c1nnc([C@H]2CC[C@@H](CN)C2)o1.O=C(O)C(F)(F)F. The molecule has 0 saturated heterocycles. The molecule has 1 aromatic rings. The summed E-state index contributed by atoms with van der Waals surface area (Å²) in [6.45, 7) is 4.91. The summed E-state index contributed by atoms with van der Waals surface area (Å²) in [6.07, 6.45) is -1.64. The number of aliphatic carboxylic acids is 1. The van der Waals surface area contributed by atoms with Crippen LogP contribution in [0.25, 0.3) is 0 Å². The van der Waals surface area contributed by atoms with Crippen LogP contribution in [0.5, 0.6) is 0 Å². The highest BCUT2D eigenvalue weighted by molar-refractivity contribution is 5.73. The summed E-state index contributed by atoms with van der Waals surface area (Å²) in [7, 11) is 0. The van der Waals surface area contributed by atoms with Crippen LogP contribution in [-0.4, -0.2) is 34.0 Å². The zero-order valence-corrected chi connectivity index (χ0v) is 12.4. The highest BCUT2D eigenvalue weighted by atomic mass is 19.4. The largest absolute Gasteiger partial charge is 0.490 e. The first-order valence-electron chi connectivity index (χ1n) is 6.98. The fraction of sp³-hybridized carbons (Fsp3) is 0.769. The van der Waals surface area contributed by atoms with Crippen molar-refractivity contribution in [3.05, 3.63) is 11.8 Å². The average Bonchev–Trinajstić information content (AvgIpc) is 3.07. The molecule has 1 heterocycles. The average molecular weight is 323 g/mol. The molecule has 0 unspecified atom stereocenters. The Kier molecular flexibility index (Phi) is 6.34. The minimum Gasteiger partial charge on any atom is -0.475 e. The number of carboxylic acids is 1. The van der Waals surface area contributed by atoms with Crippen LogP contribution < -0.4 is 5.73 Å². The summed E-state index contributed by atoms with van der Waals surface area (Å²) in [4.78, 5) is 8.90. The number of carboxylic acid groups (broad SMARTS) is 1. The van der Waals surface area contributed by atoms with Crippen LogP contribution >= 0.6 is 0 Å². The highest BCUT2D eigenvalue weighted by Gasteiger charge is 2.38. The van der Waals surface area contributed by atoms with Gasteiger partial charge in [-0.25, -0.2) is 4.79 Å². The van der Waals surface area contributed by atoms with Gasteiger partial charge in [-0.05, 0) is 31.7 Å². The minimum atomic E-state index is -5.08. The molecule has 9 heteroatoms. The Balaban J connectivity index is 0.000000295. The minimum absolute atomic E-state index is 0.318. The van der Waals surface area contributed by atoms with Gasteiger partial charge in [0.25, 0.3) is 0 Å². The van der Waals surface area contributed by atoms with Crippen LogP contribution in [-0.2, 0) is 4.79 Å². The van der Waals surface area contributed by atoms with Crippen LogP contribution in [0.15, 0.2) is 4.42 Å². The summed E-state index contributed by atoms with van der Waals surface area (Å²) in [5.41, 5.74) is 5.66. The van der Waals surface area contributed by atoms with Crippen molar-refractivity contribution in [1.29, 1.82) is 0 Å². The van der Waals surface area contributed by atoms with Crippen molar-refractivity contribution in [2.45, 2.75) is 51.1 Å². The standard InChI is InChI=1S/C11H19N3O.C2HF3O2/c1-7(2)10-13-14-11(15-10)9-4-3-8(5-9)6-12;3-2(4,5)1(6)7/h7-9H,3-6,12H2,1-2H3;(H,6,7)/t8-,9+;/m1./s1. The third kappa shape index (κ3) is 5.28. The molecule has 3 N–H and O–H groups in total. The van der Waals surface area contributed by atoms with E-state index in [-0.39, 0.29) is 0 Å². The molecule has 2 rings (SSSR count). The molecule has 0 bridgehead atoms. The number of halogens is 3. The van der Waals surface area contributed by atoms with Crippen molar-refractivity contribution >= 4 is 5.97 Å². The van der Waals surface area contributed by atoms with Gasteiger partial charge < -0.3 is 15.3 Å². The Hall–Kier alpha value is -1.64. The normalized spacial score (nSPS) is 21.6. The van der Waals surface area contributed by atoms with Gasteiger partial charge in [-0.3, -0.25) is 0 Å². The quantitative estimate of drug-likeness (QED) is 0.886. The molecule has 1 saturated carbocycles. The van der Waals surface area contributed by atoms with Crippen LogP contribution in [0.4, 0.5) is 13.2 Å². The van der Waals surface area contributed by atoms with Gasteiger partial charge in [-0.1, -0.05) is 13.8 Å². The van der Waals surface area contributed by atoms with Crippen molar-refractivity contribution in [2.24, 2.45) is 11.7 Å². The molecule has 2 atom stereocenters. The van der Waals surface area contributed by atoms with E-state index < -0.39 is 12.1 Å². The van der Waals surface area contributed by atoms with E-state index in [0.29, 0.717) is 17.8 Å². The van der Waals surface area contributed by atoms with E-state index in [2.05, 4.69) is 24.0 Å². The third-order valence-electron chi connectivity index (χ3n) is 3.42. The van der Waals surface area contributed by atoms with E-state index >= 15 is 0 Å². The topological polar surface area (TPSA) is 102 Å². The van der Waals surface area contributed by atoms with Gasteiger partial charge in [0.2, 0.25) is 11.8 Å². The Morgan fingerprint density at radius 1 is 1.41 bits per heavy atom. The van der Waals surface area contributed by atoms with Crippen LogP contribution in [0, 0.1) is 5.92 Å². The van der Waals surface area contributed by atoms with E-state index in [0.717, 1.165) is 31.2 Å². The molecule has 0 aliphatic heterocycles. The first-order valence-corrected chi connectivity index (χ1v) is 6.98. The molecule has 1 aromatic heterocycles. The molecule has 1 fully saturated rings. The lowest BCUT2D eigenvalue weighted by Crippen LogP contribution is -2.21. The fourth-order valence-corrected chi connectivity index (χ4v) is 2.16. The molecule has 0 radical (unpaired) electrons. The van der Waals surface area contributed by atoms with E-state index in [9.17, 15) is 13.2 Å². The molecule has 0 spiro atoms. The number of nitrogens with zero attached hydrogens (tertiary/aromatic N) is 2. The number of carbonyl (C=O) groups is 1. The summed E-state index contributed by atoms with van der Waals surface area (Å²) in [6, 6.07) is 0. The molecular weight excluding hydrogens is 303 g/mol. The Morgan fingerprint density at radius 2 is 2.00 bits per heavy atom. The van der Waals surface area contributed by atoms with Crippen molar-refractivity contribution in [3.8, 4) is 0 Å². The van der Waals surface area contributed by atoms with Crippen LogP contribution in [0.2, 0.25) is 0 Å². The molecule has 0 aromatic carbocycles. The Morgan fingerprint density at radius 3 is 2.36 bits per heavy atom. The lowest BCUT2D eigenvalue weighted by molar-refractivity contribution is -0.192. The maximum absolute atomic E-state index is 10.6. The smallest absolute Gasteiger partial charge is 0.475 e. The van der Waals surface area contributed by atoms with Gasteiger partial charge in [-0.15, -0.1) is 10.2 Å². The van der Waals surface area contributed by atoms with Gasteiger partial charge in [0, 0.05) is 11.8 Å². The summed E-state index contributed by atoms with van der Waals surface area (Å²) < 4.78 is 37.4. The lowest BCUT2D eigenvalue weighted by Gasteiger charge is -2.04. The number of aromatic nitrogens is 2. The molecule has 6 nitrogen and oxygen atoms in total. The Bertz CT molecular complexity index is 488. The van der Waals surface area contributed by atoms with Crippen molar-refractivity contribution < 1.29 is 27.5 Å². The van der Waals surface area contributed by atoms with E-state index in [4.69, 9.17) is 20.1 Å². The van der Waals surface area contributed by atoms with Gasteiger partial charge in [0.15, 0.2) is 0 Å². The highest BCUT2D eigenvalue weighted by Crippen LogP contribution is 2.37. The molecule has 126 valence electrons. The summed E-state index contributed by atoms with van der Waals surface area (Å²) >= 11 is 0. The second kappa shape index (κ2) is 7.57. The maximum atomic E-state index is 10.6. The summed E-state index contributed by atoms with van der Waals surface area (Å²) in [5.74, 6) is 0.212. The summed E-state index contributed by atoms with van der Waals surface area (Å²) in [5, 5.41) is 15.3. The van der Waals surface area contributed by atoms with E-state index in [1.165, 1.54) is 6.42 Å². The lowest BCUT2D eigenvalue weighted by atomic mass is 10.1. The van der Waals surface area contributed by atoms with Gasteiger partial charge in [0.05, 0.1) is 0 Å². The number of rotatable bonds is 3. The molecule has 22 heavy (non-hydrogen) atoms. The van der Waals surface area contributed by atoms with Crippen molar-refractivity contribution in [3.63, 3.8) is 0 Å². The second-order valence-electron chi connectivity index (χ2n) is 5.55. The van der Waals surface area contributed by atoms with E-state index in [1.54, 1.807) is 0 Å².